The van der Waals surface area contributed by atoms with Crippen LogP contribution in [-0.2, 0) is 0 Å². The minimum Gasteiger partial charge on any atom is -0.329 e. The summed E-state index contributed by atoms with van der Waals surface area (Å²) in [5.41, 5.74) is 5.62. The number of nitrogens with zero attached hydrogens (tertiary/aromatic N) is 1. The summed E-state index contributed by atoms with van der Waals surface area (Å²) < 4.78 is 24.7. The summed E-state index contributed by atoms with van der Waals surface area (Å²) in [5, 5.41) is 0. The Morgan fingerprint density at radius 2 is 1.73 bits per heavy atom. The van der Waals surface area contributed by atoms with Crippen LogP contribution in [0.25, 0.3) is 0 Å². The molecule has 15 heavy (non-hydrogen) atoms. The van der Waals surface area contributed by atoms with Gasteiger partial charge in [0.05, 0.1) is 6.54 Å². The Kier molecular flexibility index (Phi) is 4.93. The van der Waals surface area contributed by atoms with Gasteiger partial charge in [-0.1, -0.05) is 25.7 Å². The predicted octanol–water partition coefficient (Wildman–Crippen LogP) is 2.24. The zero-order chi connectivity index (χ0) is 11.3. The molecule has 2 N–H and O–H groups in total. The van der Waals surface area contributed by atoms with Crippen molar-refractivity contribution in [2.24, 2.45) is 5.73 Å². The second-order valence-corrected chi connectivity index (χ2v) is 4.61. The molecule has 0 unspecified atom stereocenters. The van der Waals surface area contributed by atoms with E-state index in [2.05, 4.69) is 0 Å². The van der Waals surface area contributed by atoms with Crippen LogP contribution in [0.5, 0.6) is 0 Å². The zero-order valence-corrected chi connectivity index (χ0v) is 9.51. The van der Waals surface area contributed by atoms with Gasteiger partial charge in [0.15, 0.2) is 0 Å². The van der Waals surface area contributed by atoms with Crippen LogP contribution in [0.1, 0.15) is 38.5 Å². The molecular formula is C11H22F2N2. The molecule has 0 amide bonds. The number of nitrogens with two attached hydrogens (primary N) is 1. The van der Waals surface area contributed by atoms with Gasteiger partial charge in [0.2, 0.25) is 0 Å². The highest BCUT2D eigenvalue weighted by Crippen LogP contribution is 2.31. The van der Waals surface area contributed by atoms with Crippen LogP contribution in [0, 0.1) is 0 Å². The number of hydrogen-bond donors (Lipinski definition) is 1. The molecule has 1 rings (SSSR count). The molecule has 0 heterocycles. The van der Waals surface area contributed by atoms with Crippen molar-refractivity contribution in [2.45, 2.75) is 50.5 Å². The molecule has 0 aromatic rings. The minimum absolute atomic E-state index is 0.156. The van der Waals surface area contributed by atoms with E-state index in [1.807, 2.05) is 0 Å². The summed E-state index contributed by atoms with van der Waals surface area (Å²) in [6, 6.07) is 0. The van der Waals surface area contributed by atoms with E-state index in [-0.39, 0.29) is 12.1 Å². The first-order chi connectivity index (χ1) is 7.10. The predicted molar refractivity (Wildman–Crippen MR) is 58.1 cm³/mol. The van der Waals surface area contributed by atoms with Crippen molar-refractivity contribution in [3.8, 4) is 0 Å². The van der Waals surface area contributed by atoms with Crippen molar-refractivity contribution in [3.05, 3.63) is 0 Å². The van der Waals surface area contributed by atoms with Crippen LogP contribution in [0.2, 0.25) is 0 Å². The Morgan fingerprint density at radius 3 is 2.13 bits per heavy atom. The van der Waals surface area contributed by atoms with Gasteiger partial charge in [0, 0.05) is 12.1 Å². The topological polar surface area (TPSA) is 29.3 Å². The Hall–Kier alpha value is -0.220. The fraction of sp³-hybridized carbons (Fsp3) is 1.00. The summed E-state index contributed by atoms with van der Waals surface area (Å²) in [7, 11) is 1.78. The third-order valence-electron chi connectivity index (χ3n) is 3.64. The molecule has 0 aromatic carbocycles. The van der Waals surface area contributed by atoms with E-state index in [1.165, 1.54) is 12.8 Å². The Bertz CT molecular complexity index is 177. The number of alkyl halides is 2. The van der Waals surface area contributed by atoms with Gasteiger partial charge < -0.3 is 5.73 Å². The molecule has 90 valence electrons. The van der Waals surface area contributed by atoms with Crippen LogP contribution in [0.4, 0.5) is 8.78 Å². The van der Waals surface area contributed by atoms with Crippen molar-refractivity contribution < 1.29 is 8.78 Å². The standard InChI is InChI=1S/C11H22F2N2/c1-15(8-10(12)13)11(9-14)6-4-2-3-5-7-11/h10H,2-9,14H2,1H3. The van der Waals surface area contributed by atoms with E-state index in [0.29, 0.717) is 6.54 Å². The van der Waals surface area contributed by atoms with Crippen molar-refractivity contribution >= 4 is 0 Å². The molecule has 0 spiro atoms. The Labute approximate surface area is 90.8 Å². The third-order valence-corrected chi connectivity index (χ3v) is 3.64. The van der Waals surface area contributed by atoms with Gasteiger partial charge in [-0.05, 0) is 19.9 Å². The van der Waals surface area contributed by atoms with Gasteiger partial charge in [-0.25, -0.2) is 8.78 Å². The molecule has 0 aliphatic heterocycles. The molecule has 0 bridgehead atoms. The lowest BCUT2D eigenvalue weighted by Crippen LogP contribution is -2.53. The summed E-state index contributed by atoms with van der Waals surface area (Å²) in [5.74, 6) is 0. The lowest BCUT2D eigenvalue weighted by Gasteiger charge is -2.40. The first kappa shape index (κ1) is 12.8. The van der Waals surface area contributed by atoms with Gasteiger partial charge in [-0.2, -0.15) is 0 Å². The Balaban J connectivity index is 2.63. The molecule has 1 aliphatic rings. The monoisotopic (exact) mass is 220 g/mol. The molecule has 1 aliphatic carbocycles. The van der Waals surface area contributed by atoms with Crippen molar-refractivity contribution in [3.63, 3.8) is 0 Å². The zero-order valence-electron chi connectivity index (χ0n) is 9.51. The molecule has 0 aromatic heterocycles. The van der Waals surface area contributed by atoms with E-state index in [0.717, 1.165) is 25.7 Å². The van der Waals surface area contributed by atoms with Gasteiger partial charge in [0.1, 0.15) is 0 Å². The van der Waals surface area contributed by atoms with Crippen LogP contribution >= 0.6 is 0 Å². The molecule has 0 radical (unpaired) electrons. The van der Waals surface area contributed by atoms with Gasteiger partial charge in [-0.3, -0.25) is 4.90 Å². The maximum atomic E-state index is 12.4. The average molecular weight is 220 g/mol. The van der Waals surface area contributed by atoms with Crippen LogP contribution in [-0.4, -0.2) is 37.0 Å². The molecule has 1 saturated carbocycles. The highest BCUT2D eigenvalue weighted by molar-refractivity contribution is 4.91. The van der Waals surface area contributed by atoms with Crippen molar-refractivity contribution in [1.29, 1.82) is 0 Å². The van der Waals surface area contributed by atoms with Crippen molar-refractivity contribution in [1.82, 2.24) is 4.90 Å². The SMILES string of the molecule is CN(CC(F)F)C1(CN)CCCCCC1. The summed E-state index contributed by atoms with van der Waals surface area (Å²) in [6.45, 7) is 0.341. The lowest BCUT2D eigenvalue weighted by atomic mass is 9.88. The fourth-order valence-corrected chi connectivity index (χ4v) is 2.53. The largest absolute Gasteiger partial charge is 0.329 e. The van der Waals surface area contributed by atoms with Crippen LogP contribution in [0.3, 0.4) is 0 Å². The normalized spacial score (nSPS) is 22.0. The lowest BCUT2D eigenvalue weighted by molar-refractivity contribution is 0.0323. The van der Waals surface area contributed by atoms with Gasteiger partial charge >= 0.3 is 0 Å². The molecule has 1 fully saturated rings. The number of hydrogen-bond acceptors (Lipinski definition) is 2. The summed E-state index contributed by atoms with van der Waals surface area (Å²) in [4.78, 5) is 1.78. The third kappa shape index (κ3) is 3.38. The molecular weight excluding hydrogens is 198 g/mol. The smallest absolute Gasteiger partial charge is 0.251 e. The van der Waals surface area contributed by atoms with E-state index >= 15 is 0 Å². The van der Waals surface area contributed by atoms with E-state index in [1.54, 1.807) is 11.9 Å². The van der Waals surface area contributed by atoms with Crippen molar-refractivity contribution in [2.75, 3.05) is 20.1 Å². The maximum Gasteiger partial charge on any atom is 0.251 e. The second kappa shape index (κ2) is 5.75. The molecule has 0 saturated heterocycles. The van der Waals surface area contributed by atoms with E-state index < -0.39 is 6.43 Å². The van der Waals surface area contributed by atoms with Crippen LogP contribution < -0.4 is 5.73 Å². The number of halogens is 2. The molecule has 4 heteroatoms. The first-order valence-corrected chi connectivity index (χ1v) is 5.80. The maximum absolute atomic E-state index is 12.4. The van der Waals surface area contributed by atoms with E-state index in [9.17, 15) is 8.78 Å². The van der Waals surface area contributed by atoms with Gasteiger partial charge in [-0.15, -0.1) is 0 Å². The quantitative estimate of drug-likeness (QED) is 0.736. The number of likely N-dealkylation sites (N-methyl/N-ethyl adjacent to an activating group) is 1. The van der Waals surface area contributed by atoms with Crippen LogP contribution in [0.15, 0.2) is 0 Å². The second-order valence-electron chi connectivity index (χ2n) is 4.61. The average Bonchev–Trinajstić information content (AvgIpc) is 2.42. The number of rotatable bonds is 4. The highest BCUT2D eigenvalue weighted by Gasteiger charge is 2.34. The summed E-state index contributed by atoms with van der Waals surface area (Å²) in [6.07, 6.45) is 4.32. The molecule has 0 atom stereocenters. The van der Waals surface area contributed by atoms with E-state index in [4.69, 9.17) is 5.73 Å². The molecule has 2 nitrogen and oxygen atoms in total. The first-order valence-electron chi connectivity index (χ1n) is 5.80. The highest BCUT2D eigenvalue weighted by atomic mass is 19.3. The fourth-order valence-electron chi connectivity index (χ4n) is 2.53. The minimum atomic E-state index is -2.26. The Morgan fingerprint density at radius 1 is 1.20 bits per heavy atom. The summed E-state index contributed by atoms with van der Waals surface area (Å²) >= 11 is 0. The van der Waals surface area contributed by atoms with Gasteiger partial charge in [0.25, 0.3) is 6.43 Å².